The fourth-order valence-electron chi connectivity index (χ4n) is 1.98. The molecule has 1 aromatic heterocycles. The van der Waals surface area contributed by atoms with E-state index in [1.165, 1.54) is 17.4 Å². The van der Waals surface area contributed by atoms with E-state index in [0.29, 0.717) is 10.4 Å². The molecule has 0 saturated heterocycles. The van der Waals surface area contributed by atoms with Crippen LogP contribution >= 0.6 is 34.5 Å². The summed E-state index contributed by atoms with van der Waals surface area (Å²) < 4.78 is 26.8. The van der Waals surface area contributed by atoms with Crippen LogP contribution in [0.1, 0.15) is 9.67 Å². The first-order chi connectivity index (χ1) is 10.5. The van der Waals surface area contributed by atoms with Gasteiger partial charge in [0.2, 0.25) is 0 Å². The fraction of sp³-hybridized carbons (Fsp3) is 0. The zero-order chi connectivity index (χ0) is 15.9. The van der Waals surface area contributed by atoms with Crippen LogP contribution in [0.5, 0.6) is 0 Å². The Labute approximate surface area is 138 Å². The molecular weight excluding hydrogens is 351 g/mol. The molecule has 0 saturated carbocycles. The number of amides is 1. The highest BCUT2D eigenvalue weighted by atomic mass is 35.5. The summed E-state index contributed by atoms with van der Waals surface area (Å²) in [6.45, 7) is 0. The van der Waals surface area contributed by atoms with Gasteiger partial charge in [0.1, 0.15) is 4.88 Å². The molecule has 112 valence electrons. The summed E-state index contributed by atoms with van der Waals surface area (Å²) in [4.78, 5) is 12.5. The Hall–Kier alpha value is -1.69. The van der Waals surface area contributed by atoms with E-state index in [1.54, 1.807) is 18.2 Å². The van der Waals surface area contributed by atoms with Gasteiger partial charge in [0, 0.05) is 21.8 Å². The third-order valence-electron chi connectivity index (χ3n) is 2.99. The average Bonchev–Trinajstić information content (AvgIpc) is 2.81. The molecular formula is C15H7Cl2F2NOS. The minimum atomic E-state index is -1.04. The largest absolute Gasteiger partial charge is 0.321 e. The van der Waals surface area contributed by atoms with Gasteiger partial charge in [-0.25, -0.2) is 8.78 Å². The van der Waals surface area contributed by atoms with Crippen LogP contribution in [0.15, 0.2) is 36.4 Å². The zero-order valence-electron chi connectivity index (χ0n) is 10.8. The minimum absolute atomic E-state index is 0.142. The van der Waals surface area contributed by atoms with E-state index in [4.69, 9.17) is 23.2 Å². The molecule has 0 bridgehead atoms. The molecule has 7 heteroatoms. The first-order valence-electron chi connectivity index (χ1n) is 6.10. The number of fused-ring (bicyclic) bond motifs is 1. The average molecular weight is 358 g/mol. The topological polar surface area (TPSA) is 29.1 Å². The molecule has 1 N–H and O–H groups in total. The molecule has 1 heterocycles. The summed E-state index contributed by atoms with van der Waals surface area (Å²) in [5.74, 6) is -2.53. The van der Waals surface area contributed by atoms with Gasteiger partial charge in [-0.2, -0.15) is 0 Å². The van der Waals surface area contributed by atoms with Gasteiger partial charge in [-0.15, -0.1) is 11.3 Å². The third kappa shape index (κ3) is 2.67. The monoisotopic (exact) mass is 357 g/mol. The molecule has 0 radical (unpaired) electrons. The van der Waals surface area contributed by atoms with E-state index < -0.39 is 17.5 Å². The van der Waals surface area contributed by atoms with Gasteiger partial charge >= 0.3 is 0 Å². The number of carbonyl (C=O) groups excluding carboxylic acids is 1. The lowest BCUT2D eigenvalue weighted by Crippen LogP contribution is -2.11. The second kappa shape index (κ2) is 5.83. The molecule has 3 aromatic rings. The molecule has 0 unspecified atom stereocenters. The lowest BCUT2D eigenvalue weighted by atomic mass is 10.2. The summed E-state index contributed by atoms with van der Waals surface area (Å²) in [5.41, 5.74) is 0.142. The van der Waals surface area contributed by atoms with Crippen molar-refractivity contribution < 1.29 is 13.6 Å². The first-order valence-corrected chi connectivity index (χ1v) is 7.67. The van der Waals surface area contributed by atoms with Crippen molar-refractivity contribution >= 4 is 56.2 Å². The highest BCUT2D eigenvalue weighted by Gasteiger charge is 2.19. The standard InChI is InChI=1S/C15H7Cl2F2NOS/c16-8-2-1-3-11-12(8)13(17)14(22-11)15(21)20-7-4-5-9(18)10(19)6-7/h1-6H,(H,20,21). The Morgan fingerprint density at radius 1 is 1.09 bits per heavy atom. The van der Waals surface area contributed by atoms with Crippen LogP contribution < -0.4 is 5.32 Å². The van der Waals surface area contributed by atoms with Crippen LogP contribution in [0.4, 0.5) is 14.5 Å². The SMILES string of the molecule is O=C(Nc1ccc(F)c(F)c1)c1sc2cccc(Cl)c2c1Cl. The maximum atomic E-state index is 13.2. The van der Waals surface area contributed by atoms with Crippen LogP contribution in [0.2, 0.25) is 10.0 Å². The fourth-order valence-corrected chi connectivity index (χ4v) is 3.83. The van der Waals surface area contributed by atoms with E-state index in [9.17, 15) is 13.6 Å². The second-order valence-corrected chi connectivity index (χ2v) is 6.28. The van der Waals surface area contributed by atoms with Gasteiger partial charge in [-0.1, -0.05) is 29.3 Å². The van der Waals surface area contributed by atoms with Crippen molar-refractivity contribution in [3.8, 4) is 0 Å². The molecule has 3 rings (SSSR count). The molecule has 1 amide bonds. The summed E-state index contributed by atoms with van der Waals surface area (Å²) >= 11 is 13.5. The maximum absolute atomic E-state index is 13.2. The number of hydrogen-bond acceptors (Lipinski definition) is 2. The molecule has 0 fully saturated rings. The number of benzene rings is 2. The van der Waals surface area contributed by atoms with Crippen molar-refractivity contribution in [1.29, 1.82) is 0 Å². The van der Waals surface area contributed by atoms with Crippen LogP contribution in [-0.4, -0.2) is 5.91 Å². The van der Waals surface area contributed by atoms with Crippen molar-refractivity contribution in [2.24, 2.45) is 0 Å². The van der Waals surface area contributed by atoms with Gasteiger partial charge in [-0.3, -0.25) is 4.79 Å². The molecule has 0 spiro atoms. The van der Waals surface area contributed by atoms with Gasteiger partial charge < -0.3 is 5.32 Å². The highest BCUT2D eigenvalue weighted by molar-refractivity contribution is 7.21. The minimum Gasteiger partial charge on any atom is -0.321 e. The van der Waals surface area contributed by atoms with Crippen molar-refractivity contribution in [3.05, 3.63) is 63.0 Å². The van der Waals surface area contributed by atoms with Crippen LogP contribution in [0, 0.1) is 11.6 Å². The van der Waals surface area contributed by atoms with Gasteiger partial charge in [0.25, 0.3) is 5.91 Å². The predicted octanol–water partition coefficient (Wildman–Crippen LogP) is 5.74. The Bertz CT molecular complexity index is 895. The van der Waals surface area contributed by atoms with Crippen molar-refractivity contribution in [2.45, 2.75) is 0 Å². The number of hydrogen-bond donors (Lipinski definition) is 1. The summed E-state index contributed by atoms with van der Waals surface area (Å²) in [7, 11) is 0. The summed E-state index contributed by atoms with van der Waals surface area (Å²) in [6.07, 6.45) is 0. The van der Waals surface area contributed by atoms with Gasteiger partial charge in [-0.05, 0) is 24.3 Å². The van der Waals surface area contributed by atoms with E-state index in [2.05, 4.69) is 5.32 Å². The van der Waals surface area contributed by atoms with E-state index in [-0.39, 0.29) is 15.6 Å². The quantitative estimate of drug-likeness (QED) is 0.622. The predicted molar refractivity (Wildman–Crippen MR) is 86.2 cm³/mol. The smallest absolute Gasteiger partial charge is 0.267 e. The zero-order valence-corrected chi connectivity index (χ0v) is 13.1. The lowest BCUT2D eigenvalue weighted by molar-refractivity contribution is 0.103. The number of rotatable bonds is 2. The molecule has 0 aliphatic heterocycles. The Morgan fingerprint density at radius 3 is 2.55 bits per heavy atom. The molecule has 0 atom stereocenters. The third-order valence-corrected chi connectivity index (χ3v) is 4.95. The van der Waals surface area contributed by atoms with Gasteiger partial charge in [0.05, 0.1) is 10.0 Å². The van der Waals surface area contributed by atoms with Crippen molar-refractivity contribution in [3.63, 3.8) is 0 Å². The molecule has 0 aliphatic rings. The Kier molecular flexibility index (Phi) is 4.04. The highest BCUT2D eigenvalue weighted by Crippen LogP contribution is 2.39. The molecule has 22 heavy (non-hydrogen) atoms. The molecule has 2 nitrogen and oxygen atoms in total. The number of thiophene rings is 1. The summed E-state index contributed by atoms with van der Waals surface area (Å²) in [5, 5.41) is 3.78. The van der Waals surface area contributed by atoms with Crippen LogP contribution in [0.3, 0.4) is 0 Å². The van der Waals surface area contributed by atoms with E-state index in [0.717, 1.165) is 16.8 Å². The normalized spacial score (nSPS) is 10.9. The number of halogens is 4. The number of carbonyl (C=O) groups is 1. The number of anilines is 1. The first kappa shape index (κ1) is 15.2. The maximum Gasteiger partial charge on any atom is 0.267 e. The molecule has 2 aromatic carbocycles. The van der Waals surface area contributed by atoms with Crippen LogP contribution in [-0.2, 0) is 0 Å². The molecule has 0 aliphatic carbocycles. The number of nitrogens with one attached hydrogen (secondary N) is 1. The Morgan fingerprint density at radius 2 is 1.86 bits per heavy atom. The van der Waals surface area contributed by atoms with Crippen molar-refractivity contribution in [1.82, 2.24) is 0 Å². The van der Waals surface area contributed by atoms with Crippen LogP contribution in [0.25, 0.3) is 10.1 Å². The van der Waals surface area contributed by atoms with E-state index in [1.807, 2.05) is 0 Å². The lowest BCUT2D eigenvalue weighted by Gasteiger charge is -2.04. The van der Waals surface area contributed by atoms with Gasteiger partial charge in [0.15, 0.2) is 11.6 Å². The van der Waals surface area contributed by atoms with E-state index >= 15 is 0 Å². The Balaban J connectivity index is 1.97. The summed E-state index contributed by atoms with van der Waals surface area (Å²) in [6, 6.07) is 8.35. The second-order valence-electron chi connectivity index (χ2n) is 4.44. The van der Waals surface area contributed by atoms with Crippen molar-refractivity contribution in [2.75, 3.05) is 5.32 Å².